The van der Waals surface area contributed by atoms with Gasteiger partial charge in [0.05, 0.1) is 17.8 Å². The fourth-order valence-electron chi connectivity index (χ4n) is 1.96. The van der Waals surface area contributed by atoms with Crippen LogP contribution < -0.4 is 0 Å². The largest absolute Gasteiger partial charge is 0.238 e. The average molecular weight is 266 g/mol. The van der Waals surface area contributed by atoms with E-state index >= 15 is 0 Å². The zero-order chi connectivity index (χ0) is 13.2. The van der Waals surface area contributed by atoms with E-state index < -0.39 is 0 Å². The normalized spacial score (nSPS) is 10.3. The minimum atomic E-state index is 0.225. The lowest BCUT2D eigenvalue weighted by Crippen LogP contribution is -1.90. The second-order valence-electron chi connectivity index (χ2n) is 4.02. The highest BCUT2D eigenvalue weighted by atomic mass is 35.5. The topological polar surface area (TPSA) is 30.1 Å². The van der Waals surface area contributed by atoms with Crippen LogP contribution in [0.25, 0.3) is 27.0 Å². The Morgan fingerprint density at radius 2 is 1.68 bits per heavy atom. The van der Waals surface area contributed by atoms with Crippen LogP contribution in [0.3, 0.4) is 0 Å². The van der Waals surface area contributed by atoms with E-state index in [9.17, 15) is 0 Å². The third kappa shape index (κ3) is 2.14. The zero-order valence-corrected chi connectivity index (χ0v) is 10.6. The van der Waals surface area contributed by atoms with Crippen molar-refractivity contribution in [2.75, 3.05) is 0 Å². The van der Waals surface area contributed by atoms with Crippen LogP contribution in [0.1, 0.15) is 0 Å². The van der Waals surface area contributed by atoms with Gasteiger partial charge in [0, 0.05) is 5.39 Å². The molecule has 90 valence electrons. The van der Waals surface area contributed by atoms with Crippen LogP contribution in [-0.4, -0.2) is 9.97 Å². The van der Waals surface area contributed by atoms with Crippen LogP contribution in [0.5, 0.6) is 0 Å². The van der Waals surface area contributed by atoms with Gasteiger partial charge in [0.15, 0.2) is 5.69 Å². The van der Waals surface area contributed by atoms with Crippen molar-refractivity contribution in [1.82, 2.24) is 9.97 Å². The molecule has 3 aromatic rings. The van der Waals surface area contributed by atoms with E-state index in [0.717, 1.165) is 22.2 Å². The Kier molecular flexibility index (Phi) is 2.86. The van der Waals surface area contributed by atoms with Gasteiger partial charge < -0.3 is 0 Å². The van der Waals surface area contributed by atoms with Crippen molar-refractivity contribution in [2.45, 2.75) is 0 Å². The van der Waals surface area contributed by atoms with Crippen molar-refractivity contribution in [1.29, 1.82) is 0 Å². The molecule has 1 aromatic heterocycles. The van der Waals surface area contributed by atoms with Gasteiger partial charge in [-0.1, -0.05) is 42.5 Å². The minimum absolute atomic E-state index is 0.225. The van der Waals surface area contributed by atoms with E-state index in [-0.39, 0.29) is 5.28 Å². The first-order valence-electron chi connectivity index (χ1n) is 5.68. The average Bonchev–Trinajstić information content (AvgIpc) is 2.46. The summed E-state index contributed by atoms with van der Waals surface area (Å²) in [4.78, 5) is 11.9. The lowest BCUT2D eigenvalue weighted by Gasteiger charge is -2.06. The van der Waals surface area contributed by atoms with Crippen LogP contribution in [0.15, 0.2) is 48.5 Å². The number of halogens is 1. The molecule has 0 amide bonds. The van der Waals surface area contributed by atoms with Crippen molar-refractivity contribution in [2.24, 2.45) is 0 Å². The van der Waals surface area contributed by atoms with Gasteiger partial charge in [-0.15, -0.1) is 0 Å². The standard InChI is InChI=1S/C15H8ClN3/c1-17-11-8-6-10(7-9-11)14-12-4-2-3-5-13(12)18-15(16)19-14/h2-9H. The number of rotatable bonds is 1. The van der Waals surface area contributed by atoms with E-state index in [4.69, 9.17) is 18.2 Å². The van der Waals surface area contributed by atoms with Crippen molar-refractivity contribution >= 4 is 28.2 Å². The van der Waals surface area contributed by atoms with Crippen molar-refractivity contribution in [3.63, 3.8) is 0 Å². The molecule has 0 atom stereocenters. The Morgan fingerprint density at radius 3 is 2.42 bits per heavy atom. The molecular formula is C15H8ClN3. The molecule has 2 aromatic carbocycles. The van der Waals surface area contributed by atoms with E-state index in [1.54, 1.807) is 12.1 Å². The summed E-state index contributed by atoms with van der Waals surface area (Å²) in [6.07, 6.45) is 0. The van der Waals surface area contributed by atoms with Gasteiger partial charge in [0.2, 0.25) is 5.28 Å². The van der Waals surface area contributed by atoms with Gasteiger partial charge in [-0.3, -0.25) is 0 Å². The summed E-state index contributed by atoms with van der Waals surface area (Å²) in [7, 11) is 0. The first kappa shape index (κ1) is 11.6. The Bertz CT molecular complexity index is 789. The summed E-state index contributed by atoms with van der Waals surface area (Å²) in [5, 5.41) is 1.17. The number of nitrogens with zero attached hydrogens (tertiary/aromatic N) is 3. The monoisotopic (exact) mass is 265 g/mol. The Morgan fingerprint density at radius 1 is 0.947 bits per heavy atom. The SMILES string of the molecule is [C-]#[N+]c1ccc(-c2nc(Cl)nc3ccccc23)cc1. The molecule has 4 heteroatoms. The van der Waals surface area contributed by atoms with Gasteiger partial charge in [-0.2, -0.15) is 0 Å². The van der Waals surface area contributed by atoms with Crippen LogP contribution in [0.4, 0.5) is 5.69 Å². The van der Waals surface area contributed by atoms with Gasteiger partial charge >= 0.3 is 0 Å². The molecule has 0 aliphatic carbocycles. The fourth-order valence-corrected chi connectivity index (χ4v) is 2.14. The van der Waals surface area contributed by atoms with Crippen LogP contribution >= 0.6 is 11.6 Å². The number of para-hydroxylation sites is 1. The number of fused-ring (bicyclic) bond motifs is 1. The maximum atomic E-state index is 6.96. The van der Waals surface area contributed by atoms with E-state index in [1.165, 1.54) is 0 Å². The molecule has 0 saturated carbocycles. The molecule has 19 heavy (non-hydrogen) atoms. The fraction of sp³-hybridized carbons (Fsp3) is 0. The smallest absolute Gasteiger partial charge is 0.223 e. The summed E-state index contributed by atoms with van der Waals surface area (Å²) in [6.45, 7) is 6.96. The summed E-state index contributed by atoms with van der Waals surface area (Å²) in [5.41, 5.74) is 3.12. The first-order valence-corrected chi connectivity index (χ1v) is 6.06. The molecule has 0 saturated heterocycles. The Labute approximate surface area is 115 Å². The van der Waals surface area contributed by atoms with Crippen molar-refractivity contribution in [3.05, 3.63) is 65.2 Å². The van der Waals surface area contributed by atoms with E-state index in [2.05, 4.69) is 14.8 Å². The second-order valence-corrected chi connectivity index (χ2v) is 4.36. The summed E-state index contributed by atoms with van der Waals surface area (Å²) < 4.78 is 0. The van der Waals surface area contributed by atoms with Gasteiger partial charge in [0.1, 0.15) is 0 Å². The van der Waals surface area contributed by atoms with Gasteiger partial charge in [-0.05, 0) is 23.2 Å². The molecule has 3 nitrogen and oxygen atoms in total. The third-order valence-corrected chi connectivity index (χ3v) is 3.01. The number of benzene rings is 2. The Balaban J connectivity index is 2.26. The minimum Gasteiger partial charge on any atom is -0.238 e. The van der Waals surface area contributed by atoms with E-state index in [1.807, 2.05) is 36.4 Å². The number of hydrogen-bond donors (Lipinski definition) is 0. The zero-order valence-electron chi connectivity index (χ0n) is 9.84. The predicted octanol–water partition coefficient (Wildman–Crippen LogP) is 4.50. The predicted molar refractivity (Wildman–Crippen MR) is 76.2 cm³/mol. The van der Waals surface area contributed by atoms with Crippen LogP contribution in [-0.2, 0) is 0 Å². The molecule has 0 bridgehead atoms. The van der Waals surface area contributed by atoms with E-state index in [0.29, 0.717) is 5.69 Å². The number of aromatic nitrogens is 2. The molecule has 0 aliphatic heterocycles. The third-order valence-electron chi connectivity index (χ3n) is 2.85. The van der Waals surface area contributed by atoms with Gasteiger partial charge in [-0.25, -0.2) is 14.8 Å². The quantitative estimate of drug-likeness (QED) is 0.479. The lowest BCUT2D eigenvalue weighted by atomic mass is 10.1. The summed E-state index contributed by atoms with van der Waals surface area (Å²) in [5.74, 6) is 0. The molecule has 3 rings (SSSR count). The summed E-state index contributed by atoms with van der Waals surface area (Å²) >= 11 is 5.96. The molecule has 0 unspecified atom stereocenters. The second kappa shape index (κ2) is 4.68. The molecule has 0 aliphatic rings. The molecule has 0 fully saturated rings. The van der Waals surface area contributed by atoms with Gasteiger partial charge in [0.25, 0.3) is 0 Å². The maximum absolute atomic E-state index is 6.96. The van der Waals surface area contributed by atoms with Crippen molar-refractivity contribution in [3.8, 4) is 11.3 Å². The molecule has 0 radical (unpaired) electrons. The molecular weight excluding hydrogens is 258 g/mol. The highest BCUT2D eigenvalue weighted by molar-refractivity contribution is 6.28. The highest BCUT2D eigenvalue weighted by Crippen LogP contribution is 2.28. The maximum Gasteiger partial charge on any atom is 0.223 e. The van der Waals surface area contributed by atoms with Crippen molar-refractivity contribution < 1.29 is 0 Å². The number of hydrogen-bond acceptors (Lipinski definition) is 2. The Hall–Kier alpha value is -2.44. The van der Waals surface area contributed by atoms with Crippen LogP contribution in [0.2, 0.25) is 5.28 Å². The van der Waals surface area contributed by atoms with Crippen LogP contribution in [0, 0.1) is 6.57 Å². The first-order chi connectivity index (χ1) is 9.28. The highest BCUT2D eigenvalue weighted by Gasteiger charge is 2.08. The molecule has 1 heterocycles. The lowest BCUT2D eigenvalue weighted by molar-refractivity contribution is 1.22. The molecule has 0 N–H and O–H groups in total. The molecule has 0 spiro atoms. The summed E-state index contributed by atoms with van der Waals surface area (Å²) in [6, 6.07) is 15.0.